The number of anilines is 1. The Hall–Kier alpha value is -3.06. The van der Waals surface area contributed by atoms with Gasteiger partial charge in [-0.05, 0) is 74.3 Å². The van der Waals surface area contributed by atoms with Crippen LogP contribution in [0.25, 0.3) is 0 Å². The minimum atomic E-state index is -0.469. The first-order chi connectivity index (χ1) is 17.8. The maximum absolute atomic E-state index is 12.8. The van der Waals surface area contributed by atoms with Gasteiger partial charge in [-0.15, -0.1) is 0 Å². The summed E-state index contributed by atoms with van der Waals surface area (Å²) >= 11 is 6.42. The predicted molar refractivity (Wildman–Crippen MR) is 146 cm³/mol. The van der Waals surface area contributed by atoms with E-state index in [1.54, 1.807) is 50.4 Å². The molecular formula is C29H36ClN3O4. The molecule has 2 aliphatic heterocycles. The lowest BCUT2D eigenvalue weighted by molar-refractivity contribution is -0.127. The van der Waals surface area contributed by atoms with Crippen molar-refractivity contribution >= 4 is 34.9 Å². The summed E-state index contributed by atoms with van der Waals surface area (Å²) in [7, 11) is 4.99. The van der Waals surface area contributed by atoms with E-state index in [1.807, 2.05) is 18.2 Å². The molecule has 0 unspecified atom stereocenters. The molecular weight excluding hydrogens is 490 g/mol. The second-order valence-electron chi connectivity index (χ2n) is 10.3. The maximum Gasteiger partial charge on any atom is 0.294 e. The van der Waals surface area contributed by atoms with Crippen molar-refractivity contribution in [1.29, 1.82) is 0 Å². The van der Waals surface area contributed by atoms with Crippen molar-refractivity contribution in [3.05, 3.63) is 58.6 Å². The van der Waals surface area contributed by atoms with Gasteiger partial charge in [-0.1, -0.05) is 23.7 Å². The standard InChI is InChI=1S/C29H36ClN3O4/c1-31(2)28(35)25-8-7-23(19-26(25)30)32-13-9-20(10-14-32)17-21-11-15-33(16-12-21)29(36)27(34)22-5-4-6-24(18-22)37-3/h4-8,18-21H,9-17H2,1-3H3. The van der Waals surface area contributed by atoms with Crippen LogP contribution in [0.5, 0.6) is 5.75 Å². The van der Waals surface area contributed by atoms with Crippen LogP contribution >= 0.6 is 11.6 Å². The van der Waals surface area contributed by atoms with Gasteiger partial charge in [0.1, 0.15) is 5.75 Å². The number of Topliss-reactive ketones (excluding diaryl/α,β-unsaturated/α-hetero) is 1. The van der Waals surface area contributed by atoms with Crippen molar-refractivity contribution in [3.8, 4) is 5.75 Å². The summed E-state index contributed by atoms with van der Waals surface area (Å²) < 4.78 is 5.17. The van der Waals surface area contributed by atoms with E-state index in [-0.39, 0.29) is 5.91 Å². The van der Waals surface area contributed by atoms with Gasteiger partial charge in [0.25, 0.3) is 17.6 Å². The molecule has 2 amide bonds. The quantitative estimate of drug-likeness (QED) is 0.384. The number of ketones is 1. The van der Waals surface area contributed by atoms with Gasteiger partial charge in [0.15, 0.2) is 0 Å². The van der Waals surface area contributed by atoms with Gasteiger partial charge in [-0.25, -0.2) is 0 Å². The van der Waals surface area contributed by atoms with Crippen LogP contribution in [0.2, 0.25) is 5.02 Å². The van der Waals surface area contributed by atoms with Gasteiger partial charge in [0, 0.05) is 51.5 Å². The number of carbonyl (C=O) groups is 3. The van der Waals surface area contributed by atoms with Gasteiger partial charge in [-0.3, -0.25) is 14.4 Å². The van der Waals surface area contributed by atoms with Gasteiger partial charge < -0.3 is 19.4 Å². The summed E-state index contributed by atoms with van der Waals surface area (Å²) in [5.41, 5.74) is 1.96. The van der Waals surface area contributed by atoms with Gasteiger partial charge >= 0.3 is 0 Å². The highest BCUT2D eigenvalue weighted by Gasteiger charge is 2.30. The molecule has 2 heterocycles. The van der Waals surface area contributed by atoms with E-state index in [0.29, 0.717) is 46.8 Å². The maximum atomic E-state index is 12.8. The molecule has 7 nitrogen and oxygen atoms in total. The van der Waals surface area contributed by atoms with Crippen LogP contribution in [-0.2, 0) is 4.79 Å². The third kappa shape index (κ3) is 6.45. The number of methoxy groups -OCH3 is 1. The fourth-order valence-corrected chi connectivity index (χ4v) is 5.67. The summed E-state index contributed by atoms with van der Waals surface area (Å²) in [5.74, 6) is 0.835. The molecule has 8 heteroatoms. The number of halogens is 1. The van der Waals surface area contributed by atoms with Gasteiger partial charge in [0.05, 0.1) is 17.7 Å². The molecule has 198 valence electrons. The lowest BCUT2D eigenvalue weighted by atomic mass is 9.82. The number of piperidine rings is 2. The second kappa shape index (κ2) is 12.0. The molecule has 4 rings (SSSR count). The molecule has 0 atom stereocenters. The minimum Gasteiger partial charge on any atom is -0.497 e. The number of rotatable bonds is 7. The highest BCUT2D eigenvalue weighted by Crippen LogP contribution is 2.33. The van der Waals surface area contributed by atoms with Crippen molar-refractivity contribution < 1.29 is 19.1 Å². The van der Waals surface area contributed by atoms with Crippen LogP contribution in [0, 0.1) is 11.8 Å². The van der Waals surface area contributed by atoms with Crippen LogP contribution < -0.4 is 9.64 Å². The zero-order chi connectivity index (χ0) is 26.5. The number of ether oxygens (including phenoxy) is 1. The normalized spacial score (nSPS) is 17.0. The zero-order valence-electron chi connectivity index (χ0n) is 21.9. The molecule has 0 saturated carbocycles. The molecule has 2 aromatic carbocycles. The number of nitrogens with zero attached hydrogens (tertiary/aromatic N) is 3. The van der Waals surface area contributed by atoms with Gasteiger partial charge in [-0.2, -0.15) is 0 Å². The lowest BCUT2D eigenvalue weighted by Crippen LogP contribution is -2.42. The van der Waals surface area contributed by atoms with E-state index in [1.165, 1.54) is 4.90 Å². The fourth-order valence-electron chi connectivity index (χ4n) is 5.42. The molecule has 2 aromatic rings. The smallest absolute Gasteiger partial charge is 0.294 e. The fraction of sp³-hybridized carbons (Fsp3) is 0.483. The predicted octanol–water partition coefficient (Wildman–Crippen LogP) is 4.78. The summed E-state index contributed by atoms with van der Waals surface area (Å²) in [6, 6.07) is 12.5. The monoisotopic (exact) mass is 525 g/mol. The van der Waals surface area contributed by atoms with E-state index in [0.717, 1.165) is 50.9 Å². The van der Waals surface area contributed by atoms with Crippen LogP contribution in [0.4, 0.5) is 5.69 Å². The Morgan fingerprint density at radius 2 is 1.59 bits per heavy atom. The first-order valence-corrected chi connectivity index (χ1v) is 13.4. The molecule has 37 heavy (non-hydrogen) atoms. The van der Waals surface area contributed by atoms with Crippen molar-refractivity contribution in [2.45, 2.75) is 32.1 Å². The number of likely N-dealkylation sites (tertiary alicyclic amines) is 1. The van der Waals surface area contributed by atoms with E-state index >= 15 is 0 Å². The van der Waals surface area contributed by atoms with Crippen molar-refractivity contribution in [2.75, 3.05) is 52.3 Å². The number of hydrogen-bond acceptors (Lipinski definition) is 5. The largest absolute Gasteiger partial charge is 0.497 e. The van der Waals surface area contributed by atoms with Crippen LogP contribution in [0.15, 0.2) is 42.5 Å². The van der Waals surface area contributed by atoms with E-state index in [2.05, 4.69) is 4.90 Å². The Labute approximate surface area is 224 Å². The molecule has 0 spiro atoms. The number of amides is 2. The van der Waals surface area contributed by atoms with Crippen LogP contribution in [0.3, 0.4) is 0 Å². The summed E-state index contributed by atoms with van der Waals surface area (Å²) in [5, 5.41) is 0.490. The molecule has 0 radical (unpaired) electrons. The molecule has 2 fully saturated rings. The van der Waals surface area contributed by atoms with Crippen molar-refractivity contribution in [2.24, 2.45) is 11.8 Å². The highest BCUT2D eigenvalue weighted by molar-refractivity contribution is 6.42. The van der Waals surface area contributed by atoms with Gasteiger partial charge in [0.2, 0.25) is 0 Å². The number of benzene rings is 2. The first-order valence-electron chi connectivity index (χ1n) is 13.0. The Bertz CT molecular complexity index is 1140. The van der Waals surface area contributed by atoms with Crippen molar-refractivity contribution in [3.63, 3.8) is 0 Å². The molecule has 0 bridgehead atoms. The molecule has 0 aliphatic carbocycles. The number of carbonyl (C=O) groups excluding carboxylic acids is 3. The topological polar surface area (TPSA) is 70.2 Å². The molecule has 0 N–H and O–H groups in total. The SMILES string of the molecule is COc1cccc(C(=O)C(=O)N2CCC(CC3CCN(c4ccc(C(=O)N(C)C)c(Cl)c4)CC3)CC2)c1. The van der Waals surface area contributed by atoms with E-state index in [4.69, 9.17) is 16.3 Å². The minimum absolute atomic E-state index is 0.0901. The molecule has 0 aromatic heterocycles. The Morgan fingerprint density at radius 1 is 0.946 bits per heavy atom. The third-order valence-electron chi connectivity index (χ3n) is 7.66. The summed E-state index contributed by atoms with van der Waals surface area (Å²) in [6.45, 7) is 3.20. The molecule has 2 aliphatic rings. The average Bonchev–Trinajstić information content (AvgIpc) is 2.92. The van der Waals surface area contributed by atoms with E-state index < -0.39 is 11.7 Å². The van der Waals surface area contributed by atoms with Crippen LogP contribution in [0.1, 0.15) is 52.8 Å². The van der Waals surface area contributed by atoms with E-state index in [9.17, 15) is 14.4 Å². The first kappa shape index (κ1) is 27.0. The van der Waals surface area contributed by atoms with Crippen LogP contribution in [-0.4, -0.2) is 74.8 Å². The second-order valence-corrected chi connectivity index (χ2v) is 10.7. The van der Waals surface area contributed by atoms with Crippen molar-refractivity contribution in [1.82, 2.24) is 9.80 Å². The highest BCUT2D eigenvalue weighted by atomic mass is 35.5. The number of hydrogen-bond donors (Lipinski definition) is 0. The molecule has 2 saturated heterocycles. The Balaban J connectivity index is 1.23. The third-order valence-corrected chi connectivity index (χ3v) is 7.98. The summed E-state index contributed by atoms with van der Waals surface area (Å²) in [4.78, 5) is 43.3. The Morgan fingerprint density at radius 3 is 2.19 bits per heavy atom. The average molecular weight is 526 g/mol. The Kier molecular flexibility index (Phi) is 8.75. The summed E-state index contributed by atoms with van der Waals surface area (Å²) in [6.07, 6.45) is 5.27. The lowest BCUT2D eigenvalue weighted by Gasteiger charge is -2.37. The zero-order valence-corrected chi connectivity index (χ0v) is 22.7.